The molecule has 0 aliphatic rings. The fraction of sp³-hybridized carbons (Fsp3) is 0.800. The van der Waals surface area contributed by atoms with E-state index in [0.29, 0.717) is 0 Å². The normalized spacial score (nSPS) is 12.6. The quantitative estimate of drug-likeness (QED) is 0.287. The van der Waals surface area contributed by atoms with Gasteiger partial charge in [0.25, 0.3) is 5.91 Å². The van der Waals surface area contributed by atoms with E-state index in [1.54, 1.807) is 11.9 Å². The molecule has 0 spiro atoms. The third kappa shape index (κ3) is 6.20. The minimum Gasteiger partial charge on any atom is -0.383 e. The van der Waals surface area contributed by atoms with Crippen LogP contribution in [0.15, 0.2) is 0 Å². The van der Waals surface area contributed by atoms with E-state index in [0.717, 1.165) is 0 Å². The van der Waals surface area contributed by atoms with Crippen molar-refractivity contribution in [3.8, 4) is 0 Å². The maximum absolute atomic E-state index is 11.5. The predicted octanol–water partition coefficient (Wildman–Crippen LogP) is -1.55. The van der Waals surface area contributed by atoms with E-state index < -0.39 is 6.04 Å². The van der Waals surface area contributed by atoms with Crippen LogP contribution in [0.4, 0.5) is 0 Å². The summed E-state index contributed by atoms with van der Waals surface area (Å²) < 4.78 is 4.92. The van der Waals surface area contributed by atoms with E-state index >= 15 is 0 Å². The monoisotopic (exact) mass is 246 g/mol. The lowest BCUT2D eigenvalue weighted by Gasteiger charge is -2.25. The molecule has 0 aromatic carbocycles. The number of carbonyl (C=O) groups excluding carboxylic acids is 2. The number of hydrogen-bond acceptors (Lipinski definition) is 5. The van der Waals surface area contributed by atoms with Crippen LogP contribution in [0.25, 0.3) is 0 Å². The second kappa shape index (κ2) is 7.99. The molecule has 0 bridgehead atoms. The number of methoxy groups -OCH3 is 1. The van der Waals surface area contributed by atoms with E-state index in [9.17, 15) is 9.59 Å². The predicted molar refractivity (Wildman–Crippen MR) is 63.9 cm³/mol. The maximum atomic E-state index is 11.5. The van der Waals surface area contributed by atoms with Crippen LogP contribution in [0.2, 0.25) is 0 Å². The zero-order valence-electron chi connectivity index (χ0n) is 10.8. The van der Waals surface area contributed by atoms with Crippen molar-refractivity contribution < 1.29 is 14.3 Å². The van der Waals surface area contributed by atoms with Crippen molar-refractivity contribution in [1.82, 2.24) is 15.6 Å². The average Bonchev–Trinajstić information content (AvgIpc) is 2.23. The van der Waals surface area contributed by atoms with Crippen molar-refractivity contribution >= 4 is 11.8 Å². The molecule has 0 aromatic rings. The number of hydrogen-bond donors (Lipinski definition) is 3. The van der Waals surface area contributed by atoms with Crippen molar-refractivity contribution in [3.05, 3.63) is 0 Å². The molecule has 0 fully saturated rings. The highest BCUT2D eigenvalue weighted by Crippen LogP contribution is 1.97. The number of nitrogens with zero attached hydrogens (tertiary/aromatic N) is 1. The summed E-state index contributed by atoms with van der Waals surface area (Å²) in [6.07, 6.45) is 0. The summed E-state index contributed by atoms with van der Waals surface area (Å²) in [4.78, 5) is 24.6. The lowest BCUT2D eigenvalue weighted by atomic mass is 10.2. The number of rotatable bonds is 7. The molecule has 100 valence electrons. The molecule has 7 heteroatoms. The van der Waals surface area contributed by atoms with Gasteiger partial charge in [0.15, 0.2) is 0 Å². The highest BCUT2D eigenvalue weighted by atomic mass is 16.5. The van der Waals surface area contributed by atoms with Crippen LogP contribution in [0, 0.1) is 0 Å². The first-order valence-corrected chi connectivity index (χ1v) is 5.41. The van der Waals surface area contributed by atoms with Crippen LogP contribution >= 0.6 is 0 Å². The molecule has 2 amide bonds. The van der Waals surface area contributed by atoms with E-state index in [4.69, 9.17) is 10.6 Å². The van der Waals surface area contributed by atoms with Crippen LogP contribution in [0.3, 0.4) is 0 Å². The molecule has 7 nitrogen and oxygen atoms in total. The Morgan fingerprint density at radius 1 is 1.41 bits per heavy atom. The Hall–Kier alpha value is -1.18. The molecular formula is C10H22N4O3. The summed E-state index contributed by atoms with van der Waals surface area (Å²) in [5.74, 6) is 4.54. The van der Waals surface area contributed by atoms with Gasteiger partial charge in [-0.05, 0) is 20.9 Å². The lowest BCUT2D eigenvalue weighted by molar-refractivity contribution is -0.130. The molecule has 0 radical (unpaired) electrons. The third-order valence-electron chi connectivity index (χ3n) is 2.14. The van der Waals surface area contributed by atoms with E-state index in [1.165, 1.54) is 7.11 Å². The first kappa shape index (κ1) is 15.8. The summed E-state index contributed by atoms with van der Waals surface area (Å²) in [6.45, 7) is 4.03. The van der Waals surface area contributed by atoms with Gasteiger partial charge in [-0.1, -0.05) is 0 Å². The van der Waals surface area contributed by atoms with Gasteiger partial charge in [0.05, 0.1) is 13.2 Å². The fourth-order valence-electron chi connectivity index (χ4n) is 1.36. The van der Waals surface area contributed by atoms with Crippen molar-refractivity contribution in [2.24, 2.45) is 5.84 Å². The van der Waals surface area contributed by atoms with Crippen molar-refractivity contribution in [3.63, 3.8) is 0 Å². The van der Waals surface area contributed by atoms with Gasteiger partial charge in [0.1, 0.15) is 6.04 Å². The first-order chi connectivity index (χ1) is 7.92. The molecule has 1 atom stereocenters. The van der Waals surface area contributed by atoms with Crippen LogP contribution in [0.1, 0.15) is 13.8 Å². The van der Waals surface area contributed by atoms with E-state index in [-0.39, 0.29) is 31.0 Å². The maximum Gasteiger partial charge on any atom is 0.253 e. The molecular weight excluding hydrogens is 224 g/mol. The Morgan fingerprint density at radius 2 is 2.00 bits per heavy atom. The highest BCUT2D eigenvalue weighted by molar-refractivity contribution is 5.83. The number of nitrogens with one attached hydrogen (secondary N) is 2. The Kier molecular flexibility index (Phi) is 7.44. The average molecular weight is 246 g/mol. The number of hydrazine groups is 1. The molecule has 0 aliphatic carbocycles. The number of likely N-dealkylation sites (N-methyl/N-ethyl adjacent to an activating group) is 1. The van der Waals surface area contributed by atoms with Crippen molar-refractivity contribution in [2.45, 2.75) is 25.9 Å². The summed E-state index contributed by atoms with van der Waals surface area (Å²) in [5.41, 5.74) is 2.05. The molecule has 0 rings (SSSR count). The lowest BCUT2D eigenvalue weighted by Crippen LogP contribution is -2.52. The van der Waals surface area contributed by atoms with Gasteiger partial charge in [-0.2, -0.15) is 0 Å². The van der Waals surface area contributed by atoms with Gasteiger partial charge in [-0.3, -0.25) is 19.9 Å². The van der Waals surface area contributed by atoms with Crippen LogP contribution in [-0.4, -0.2) is 56.1 Å². The molecule has 0 heterocycles. The second-order valence-electron chi connectivity index (χ2n) is 4.12. The zero-order chi connectivity index (χ0) is 13.4. The Bertz CT molecular complexity index is 258. The minimum absolute atomic E-state index is 0.0695. The Balaban J connectivity index is 4.36. The molecule has 0 saturated carbocycles. The highest BCUT2D eigenvalue weighted by Gasteiger charge is 2.24. The summed E-state index contributed by atoms with van der Waals surface area (Å²) in [5, 5.41) is 2.74. The molecule has 0 aliphatic heterocycles. The number of carbonyl (C=O) groups is 2. The van der Waals surface area contributed by atoms with Crippen LogP contribution < -0.4 is 16.6 Å². The van der Waals surface area contributed by atoms with E-state index in [1.807, 2.05) is 13.8 Å². The SMILES string of the molecule is COCC(C(=O)NN)N(C)CC(=O)NC(C)C. The van der Waals surface area contributed by atoms with Crippen LogP contribution in [0.5, 0.6) is 0 Å². The van der Waals surface area contributed by atoms with Gasteiger partial charge in [0.2, 0.25) is 5.91 Å². The molecule has 0 aromatic heterocycles. The van der Waals surface area contributed by atoms with Gasteiger partial charge < -0.3 is 10.1 Å². The third-order valence-corrected chi connectivity index (χ3v) is 2.14. The fourth-order valence-corrected chi connectivity index (χ4v) is 1.36. The summed E-state index contributed by atoms with van der Waals surface area (Å²) in [7, 11) is 3.15. The number of nitrogens with two attached hydrogens (primary N) is 1. The molecule has 1 unspecified atom stereocenters. The molecule has 17 heavy (non-hydrogen) atoms. The van der Waals surface area contributed by atoms with Crippen molar-refractivity contribution in [1.29, 1.82) is 0 Å². The minimum atomic E-state index is -0.581. The number of ether oxygens (including phenoxy) is 1. The van der Waals surface area contributed by atoms with Gasteiger partial charge in [-0.25, -0.2) is 5.84 Å². The topological polar surface area (TPSA) is 96.7 Å². The zero-order valence-corrected chi connectivity index (χ0v) is 10.8. The van der Waals surface area contributed by atoms with Crippen molar-refractivity contribution in [2.75, 3.05) is 27.3 Å². The smallest absolute Gasteiger partial charge is 0.253 e. The Morgan fingerprint density at radius 3 is 2.41 bits per heavy atom. The second-order valence-corrected chi connectivity index (χ2v) is 4.12. The Labute approximate surface area is 102 Å². The van der Waals surface area contributed by atoms with Gasteiger partial charge in [-0.15, -0.1) is 0 Å². The summed E-state index contributed by atoms with van der Waals surface area (Å²) >= 11 is 0. The largest absolute Gasteiger partial charge is 0.383 e. The standard InChI is InChI=1S/C10H22N4O3/c1-7(2)12-9(15)5-14(3)8(6-17-4)10(16)13-11/h7-8H,5-6,11H2,1-4H3,(H,12,15)(H,13,16). The van der Waals surface area contributed by atoms with Gasteiger partial charge in [0, 0.05) is 13.2 Å². The van der Waals surface area contributed by atoms with E-state index in [2.05, 4.69) is 10.7 Å². The van der Waals surface area contributed by atoms with Gasteiger partial charge >= 0.3 is 0 Å². The molecule has 0 saturated heterocycles. The first-order valence-electron chi connectivity index (χ1n) is 5.41. The number of amides is 2. The molecule has 4 N–H and O–H groups in total. The summed E-state index contributed by atoms with van der Waals surface area (Å²) in [6, 6.07) is -0.511. The van der Waals surface area contributed by atoms with Crippen LogP contribution in [-0.2, 0) is 14.3 Å².